The molecule has 0 bridgehead atoms. The van der Waals surface area contributed by atoms with Crippen LogP contribution >= 0.6 is 0 Å². The molecule has 3 rings (SSSR count). The topological polar surface area (TPSA) is 110 Å². The number of hydrogen-bond acceptors (Lipinski definition) is 6. The first kappa shape index (κ1) is 23.5. The minimum absolute atomic E-state index is 0.436. The van der Waals surface area contributed by atoms with Gasteiger partial charge in [0.15, 0.2) is 5.76 Å². The number of ether oxygens (including phenoxy) is 1. The molecule has 0 amide bonds. The molecule has 0 aliphatic carbocycles. The molecule has 0 atom stereocenters. The molecule has 0 unspecified atom stereocenters. The van der Waals surface area contributed by atoms with Gasteiger partial charge in [-0.1, -0.05) is 42.5 Å². The van der Waals surface area contributed by atoms with Crippen molar-refractivity contribution in [1.82, 2.24) is 4.98 Å². The molecular formula is C26H28N4O3. The Morgan fingerprint density at radius 1 is 1.15 bits per heavy atom. The average Bonchev–Trinajstić information content (AvgIpc) is 2.82. The first-order valence-electron chi connectivity index (χ1n) is 10.6. The number of pyridine rings is 1. The van der Waals surface area contributed by atoms with Crippen LogP contribution in [0.25, 0.3) is 5.70 Å². The number of hydrogen-bond donors (Lipinski definition) is 3. The van der Waals surface area contributed by atoms with Crippen LogP contribution in [-0.2, 0) is 10.2 Å². The molecule has 7 nitrogen and oxygen atoms in total. The lowest BCUT2D eigenvalue weighted by Crippen LogP contribution is -2.28. The number of allylic oxidation sites excluding steroid dienone is 1. The number of nitrogens with two attached hydrogens (primary N) is 1. The predicted molar refractivity (Wildman–Crippen MR) is 132 cm³/mol. The molecule has 0 aliphatic heterocycles. The third-order valence-electron chi connectivity index (χ3n) is 5.09. The van der Waals surface area contributed by atoms with Crippen LogP contribution in [0.3, 0.4) is 0 Å². The second-order valence-corrected chi connectivity index (χ2v) is 7.89. The number of aromatic nitrogens is 1. The van der Waals surface area contributed by atoms with Gasteiger partial charge in [0.2, 0.25) is 0 Å². The fraction of sp³-hybridized carbons (Fsp3) is 0.192. The van der Waals surface area contributed by atoms with Gasteiger partial charge in [0.1, 0.15) is 11.6 Å². The standard InChI is InChI=1S/C26H28N4O3/c1-4-28-17-22(24(27)18-9-6-5-7-10-18)33-21-13-14-29-23(16-21)30-20-12-8-11-19(15-20)26(2,3)25(31)32/h5-17H,4,27H2,1-3H3,(H,29,30)(H,31,32)/b24-22+,28-17?. The zero-order chi connectivity index (χ0) is 23.8. The van der Waals surface area contributed by atoms with E-state index in [2.05, 4.69) is 15.3 Å². The summed E-state index contributed by atoms with van der Waals surface area (Å²) in [5.74, 6) is 0.622. The lowest BCUT2D eigenvalue weighted by Gasteiger charge is -2.20. The molecule has 1 heterocycles. The van der Waals surface area contributed by atoms with Crippen LogP contribution in [0.5, 0.6) is 5.75 Å². The lowest BCUT2D eigenvalue weighted by molar-refractivity contribution is -0.142. The fourth-order valence-electron chi connectivity index (χ4n) is 3.01. The Morgan fingerprint density at radius 3 is 2.61 bits per heavy atom. The first-order valence-corrected chi connectivity index (χ1v) is 10.6. The van der Waals surface area contributed by atoms with Gasteiger partial charge in [-0.05, 0) is 44.5 Å². The van der Waals surface area contributed by atoms with E-state index in [1.807, 2.05) is 49.4 Å². The van der Waals surface area contributed by atoms with E-state index >= 15 is 0 Å². The van der Waals surface area contributed by atoms with Crippen LogP contribution in [0.2, 0.25) is 0 Å². The number of aliphatic carboxylic acids is 1. The summed E-state index contributed by atoms with van der Waals surface area (Å²) in [4.78, 5) is 20.2. The third-order valence-corrected chi connectivity index (χ3v) is 5.09. The Bertz CT molecular complexity index is 1170. The zero-order valence-corrected chi connectivity index (χ0v) is 18.9. The number of carboxylic acid groups (broad SMARTS) is 1. The predicted octanol–water partition coefficient (Wildman–Crippen LogP) is 4.98. The van der Waals surface area contributed by atoms with Crippen LogP contribution in [0.15, 0.2) is 83.7 Å². The summed E-state index contributed by atoms with van der Waals surface area (Å²) in [6, 6.07) is 20.3. The molecular weight excluding hydrogens is 416 g/mol. The Labute approximate surface area is 193 Å². The normalized spacial score (nSPS) is 12.3. The van der Waals surface area contributed by atoms with Gasteiger partial charge in [-0.3, -0.25) is 9.79 Å². The summed E-state index contributed by atoms with van der Waals surface area (Å²) in [5, 5.41) is 12.7. The number of nitrogens with one attached hydrogen (secondary N) is 1. The molecule has 7 heteroatoms. The van der Waals surface area contributed by atoms with Gasteiger partial charge in [-0.2, -0.15) is 0 Å². The van der Waals surface area contributed by atoms with E-state index in [9.17, 15) is 9.90 Å². The van der Waals surface area contributed by atoms with Gasteiger partial charge >= 0.3 is 5.97 Å². The van der Waals surface area contributed by atoms with E-state index < -0.39 is 11.4 Å². The Balaban J connectivity index is 1.86. The number of aliphatic imine (C=N–C) groups is 1. The average molecular weight is 445 g/mol. The van der Waals surface area contributed by atoms with Crippen molar-refractivity contribution in [3.8, 4) is 5.75 Å². The zero-order valence-electron chi connectivity index (χ0n) is 18.9. The van der Waals surface area contributed by atoms with Crippen molar-refractivity contribution >= 4 is 29.4 Å². The van der Waals surface area contributed by atoms with Crippen molar-refractivity contribution in [3.63, 3.8) is 0 Å². The van der Waals surface area contributed by atoms with Gasteiger partial charge < -0.3 is 20.9 Å². The molecule has 0 fully saturated rings. The molecule has 0 spiro atoms. The fourth-order valence-corrected chi connectivity index (χ4v) is 3.01. The second kappa shape index (κ2) is 10.5. The number of carboxylic acids is 1. The van der Waals surface area contributed by atoms with Crippen molar-refractivity contribution < 1.29 is 14.6 Å². The molecule has 170 valence electrons. The summed E-state index contributed by atoms with van der Waals surface area (Å²) in [5.41, 5.74) is 8.06. The van der Waals surface area contributed by atoms with Gasteiger partial charge in [-0.15, -0.1) is 0 Å². The van der Waals surface area contributed by atoms with Crippen LogP contribution in [0.4, 0.5) is 11.5 Å². The van der Waals surface area contributed by atoms with Crippen molar-refractivity contribution in [3.05, 3.63) is 89.8 Å². The van der Waals surface area contributed by atoms with Crippen molar-refractivity contribution in [2.45, 2.75) is 26.2 Å². The van der Waals surface area contributed by atoms with Crippen molar-refractivity contribution in [2.24, 2.45) is 10.7 Å². The number of rotatable bonds is 9. The minimum atomic E-state index is -1.01. The Kier molecular flexibility index (Phi) is 7.46. The maximum absolute atomic E-state index is 11.6. The summed E-state index contributed by atoms with van der Waals surface area (Å²) in [6.07, 6.45) is 3.24. The van der Waals surface area contributed by atoms with Gasteiger partial charge in [-0.25, -0.2) is 4.98 Å². The maximum Gasteiger partial charge on any atom is 0.313 e. The highest BCUT2D eigenvalue weighted by molar-refractivity contribution is 5.88. The molecule has 0 saturated heterocycles. The molecule has 4 N–H and O–H groups in total. The lowest BCUT2D eigenvalue weighted by atomic mass is 9.84. The molecule has 2 aromatic carbocycles. The van der Waals surface area contributed by atoms with Crippen LogP contribution in [0, 0.1) is 0 Å². The first-order chi connectivity index (χ1) is 15.8. The molecule has 33 heavy (non-hydrogen) atoms. The van der Waals surface area contributed by atoms with Crippen LogP contribution in [-0.4, -0.2) is 28.8 Å². The number of benzene rings is 2. The van der Waals surface area contributed by atoms with E-state index in [4.69, 9.17) is 10.5 Å². The molecule has 3 aromatic rings. The van der Waals surface area contributed by atoms with Gasteiger partial charge in [0.05, 0.1) is 17.3 Å². The third kappa shape index (κ3) is 5.98. The molecule has 0 aliphatic rings. The summed E-state index contributed by atoms with van der Waals surface area (Å²) in [7, 11) is 0. The molecule has 0 radical (unpaired) electrons. The monoisotopic (exact) mass is 444 g/mol. The van der Waals surface area contributed by atoms with E-state index in [0.29, 0.717) is 35.1 Å². The van der Waals surface area contributed by atoms with E-state index in [-0.39, 0.29) is 0 Å². The second-order valence-electron chi connectivity index (χ2n) is 7.89. The molecule has 0 saturated carbocycles. The van der Waals surface area contributed by atoms with E-state index in [0.717, 1.165) is 11.3 Å². The quantitative estimate of drug-likeness (QED) is 0.317. The number of nitrogens with zero attached hydrogens (tertiary/aromatic N) is 2. The summed E-state index contributed by atoms with van der Waals surface area (Å²) < 4.78 is 6.07. The van der Waals surface area contributed by atoms with Crippen molar-refractivity contribution in [1.29, 1.82) is 0 Å². The van der Waals surface area contributed by atoms with Crippen LogP contribution in [0.1, 0.15) is 31.9 Å². The SMILES string of the molecule is CCN=C/C(Oc1ccnc(Nc2cccc(C(C)(C)C(=O)O)c2)c1)=C(\N)c1ccccc1. The van der Waals surface area contributed by atoms with Gasteiger partial charge in [0.25, 0.3) is 0 Å². The Hall–Kier alpha value is -4.13. The van der Waals surface area contributed by atoms with Crippen molar-refractivity contribution in [2.75, 3.05) is 11.9 Å². The number of carbonyl (C=O) groups is 1. The largest absolute Gasteiger partial charge is 0.481 e. The Morgan fingerprint density at radius 2 is 1.91 bits per heavy atom. The smallest absolute Gasteiger partial charge is 0.313 e. The number of anilines is 2. The summed E-state index contributed by atoms with van der Waals surface area (Å²) in [6.45, 7) is 5.87. The van der Waals surface area contributed by atoms with Gasteiger partial charge in [0, 0.05) is 30.1 Å². The summed E-state index contributed by atoms with van der Waals surface area (Å²) >= 11 is 0. The maximum atomic E-state index is 11.6. The highest BCUT2D eigenvalue weighted by Gasteiger charge is 2.29. The van der Waals surface area contributed by atoms with E-state index in [1.165, 1.54) is 0 Å². The highest BCUT2D eigenvalue weighted by atomic mass is 16.5. The van der Waals surface area contributed by atoms with Crippen LogP contribution < -0.4 is 15.8 Å². The minimum Gasteiger partial charge on any atom is -0.481 e. The molecule has 1 aromatic heterocycles. The van der Waals surface area contributed by atoms with E-state index in [1.54, 1.807) is 50.5 Å². The highest BCUT2D eigenvalue weighted by Crippen LogP contribution is 2.28.